The van der Waals surface area contributed by atoms with Gasteiger partial charge in [-0.3, -0.25) is 9.59 Å². The number of aromatic nitrogens is 2. The minimum Gasteiger partial charge on any atom is -0.497 e. The zero-order valence-electron chi connectivity index (χ0n) is 18.0. The first-order valence-electron chi connectivity index (χ1n) is 9.86. The molecule has 8 heteroatoms. The molecule has 0 bridgehead atoms. The summed E-state index contributed by atoms with van der Waals surface area (Å²) < 4.78 is 9.18. The average Bonchev–Trinajstić information content (AvgIpc) is 3.27. The van der Waals surface area contributed by atoms with Crippen molar-refractivity contribution in [3.63, 3.8) is 0 Å². The molecular weight excluding hydrogens is 412 g/mol. The van der Waals surface area contributed by atoms with Gasteiger partial charge in [0.05, 0.1) is 7.11 Å². The quantitative estimate of drug-likeness (QED) is 0.606. The fourth-order valence-corrected chi connectivity index (χ4v) is 3.62. The fraction of sp³-hybridized carbons (Fsp3) is 0.304. The summed E-state index contributed by atoms with van der Waals surface area (Å²) in [5.74, 6) is -0.0452. The van der Waals surface area contributed by atoms with Crippen molar-refractivity contribution in [2.75, 3.05) is 7.11 Å². The smallest absolute Gasteiger partial charge is 0.276 e. The van der Waals surface area contributed by atoms with Crippen molar-refractivity contribution in [1.29, 1.82) is 0 Å². The van der Waals surface area contributed by atoms with Crippen LogP contribution in [0.2, 0.25) is 0 Å². The van der Waals surface area contributed by atoms with Crippen LogP contribution in [0.4, 0.5) is 0 Å². The SMILES string of the molecule is COc1cccc(C(C(=O)NC(C)(C)C)N(Cc2ccccc2)C(=O)c2csnn2)c1. The third-order valence-electron chi connectivity index (χ3n) is 4.50. The van der Waals surface area contributed by atoms with Crippen LogP contribution < -0.4 is 10.1 Å². The third kappa shape index (κ3) is 5.88. The monoisotopic (exact) mass is 438 g/mol. The van der Waals surface area contributed by atoms with Crippen LogP contribution in [0, 0.1) is 0 Å². The Balaban J connectivity index is 2.10. The van der Waals surface area contributed by atoms with Gasteiger partial charge >= 0.3 is 0 Å². The van der Waals surface area contributed by atoms with Crippen LogP contribution in [0.1, 0.15) is 48.4 Å². The highest BCUT2D eigenvalue weighted by Gasteiger charge is 2.35. The van der Waals surface area contributed by atoms with Gasteiger partial charge in [0.1, 0.15) is 11.8 Å². The Kier molecular flexibility index (Phi) is 7.02. The minimum atomic E-state index is -0.885. The summed E-state index contributed by atoms with van der Waals surface area (Å²) in [5, 5.41) is 8.55. The van der Waals surface area contributed by atoms with Crippen molar-refractivity contribution in [3.05, 3.63) is 76.8 Å². The minimum absolute atomic E-state index is 0.206. The van der Waals surface area contributed by atoms with Gasteiger partial charge in [-0.1, -0.05) is 47.0 Å². The molecule has 0 aliphatic rings. The lowest BCUT2D eigenvalue weighted by Gasteiger charge is -2.33. The number of carbonyl (C=O) groups excluding carboxylic acids is 2. The van der Waals surface area contributed by atoms with Crippen LogP contribution in [-0.2, 0) is 11.3 Å². The summed E-state index contributed by atoms with van der Waals surface area (Å²) in [6, 6.07) is 15.9. The Morgan fingerprint density at radius 3 is 2.48 bits per heavy atom. The van der Waals surface area contributed by atoms with Gasteiger partial charge in [-0.05, 0) is 55.6 Å². The molecule has 3 aromatic rings. The highest BCUT2D eigenvalue weighted by atomic mass is 32.1. The molecular formula is C23H26N4O3S. The molecule has 3 rings (SSSR count). The van der Waals surface area contributed by atoms with E-state index in [1.54, 1.807) is 30.7 Å². The van der Waals surface area contributed by atoms with Gasteiger partial charge in [0.25, 0.3) is 5.91 Å². The summed E-state index contributed by atoms with van der Waals surface area (Å²) in [6.07, 6.45) is 0. The maximum atomic E-state index is 13.5. The van der Waals surface area contributed by atoms with Gasteiger partial charge < -0.3 is 15.0 Å². The molecule has 1 atom stereocenters. The molecule has 31 heavy (non-hydrogen) atoms. The second-order valence-corrected chi connectivity index (χ2v) is 8.74. The predicted molar refractivity (Wildman–Crippen MR) is 120 cm³/mol. The zero-order valence-corrected chi connectivity index (χ0v) is 18.8. The first-order chi connectivity index (χ1) is 14.8. The van der Waals surface area contributed by atoms with E-state index in [0.717, 1.165) is 17.1 Å². The summed E-state index contributed by atoms with van der Waals surface area (Å²) >= 11 is 1.09. The molecule has 1 heterocycles. The summed E-state index contributed by atoms with van der Waals surface area (Å²) in [6.45, 7) is 5.94. The van der Waals surface area contributed by atoms with Crippen LogP contribution in [0.5, 0.6) is 5.75 Å². The lowest BCUT2D eigenvalue weighted by atomic mass is 10.00. The molecule has 7 nitrogen and oxygen atoms in total. The highest BCUT2D eigenvalue weighted by molar-refractivity contribution is 7.03. The Morgan fingerprint density at radius 1 is 1.13 bits per heavy atom. The second-order valence-electron chi connectivity index (χ2n) is 8.13. The molecule has 2 aromatic carbocycles. The zero-order chi connectivity index (χ0) is 22.4. The first-order valence-corrected chi connectivity index (χ1v) is 10.7. The van der Waals surface area contributed by atoms with E-state index >= 15 is 0 Å². The van der Waals surface area contributed by atoms with Gasteiger partial charge in [0.2, 0.25) is 5.91 Å². The van der Waals surface area contributed by atoms with Crippen molar-refractivity contribution < 1.29 is 14.3 Å². The summed E-state index contributed by atoms with van der Waals surface area (Å²) in [4.78, 5) is 28.5. The highest BCUT2D eigenvalue weighted by Crippen LogP contribution is 2.28. The second kappa shape index (κ2) is 9.70. The summed E-state index contributed by atoms with van der Waals surface area (Å²) in [7, 11) is 1.57. The third-order valence-corrected chi connectivity index (χ3v) is 5.01. The van der Waals surface area contributed by atoms with Gasteiger partial charge in [-0.2, -0.15) is 0 Å². The number of nitrogens with one attached hydrogen (secondary N) is 1. The van der Waals surface area contributed by atoms with E-state index < -0.39 is 11.6 Å². The van der Waals surface area contributed by atoms with Crippen molar-refractivity contribution in [2.24, 2.45) is 0 Å². The number of carbonyl (C=O) groups is 2. The van der Waals surface area contributed by atoms with Crippen molar-refractivity contribution in [2.45, 2.75) is 38.9 Å². The Hall–Kier alpha value is -3.26. The molecule has 0 fully saturated rings. The predicted octanol–water partition coefficient (Wildman–Crippen LogP) is 3.85. The fourth-order valence-electron chi connectivity index (χ4n) is 3.19. The van der Waals surface area contributed by atoms with Gasteiger partial charge in [0, 0.05) is 17.5 Å². The maximum absolute atomic E-state index is 13.5. The molecule has 2 amide bonds. The molecule has 162 valence electrons. The number of amides is 2. The number of hydrogen-bond donors (Lipinski definition) is 1. The van der Waals surface area contributed by atoms with Crippen LogP contribution in [0.15, 0.2) is 60.0 Å². The van der Waals surface area contributed by atoms with Gasteiger partial charge in [0.15, 0.2) is 5.69 Å². The van der Waals surface area contributed by atoms with Crippen molar-refractivity contribution >= 4 is 23.3 Å². The van der Waals surface area contributed by atoms with Crippen LogP contribution >= 0.6 is 11.5 Å². The molecule has 1 unspecified atom stereocenters. The Morgan fingerprint density at radius 2 is 1.87 bits per heavy atom. The molecule has 1 N–H and O–H groups in total. The first kappa shape index (κ1) is 22.4. The summed E-state index contributed by atoms with van der Waals surface area (Å²) in [5.41, 5.74) is 1.28. The largest absolute Gasteiger partial charge is 0.497 e. The molecule has 0 saturated heterocycles. The van der Waals surface area contributed by atoms with Crippen LogP contribution in [-0.4, -0.2) is 38.9 Å². The number of ether oxygens (including phenoxy) is 1. The van der Waals surface area contributed by atoms with Crippen LogP contribution in [0.25, 0.3) is 0 Å². The van der Waals surface area contributed by atoms with E-state index in [4.69, 9.17) is 4.74 Å². The normalized spacial score (nSPS) is 12.1. The Bertz CT molecular complexity index is 1020. The van der Waals surface area contributed by atoms with Gasteiger partial charge in [-0.25, -0.2) is 0 Å². The van der Waals surface area contributed by atoms with E-state index in [-0.39, 0.29) is 24.1 Å². The number of methoxy groups -OCH3 is 1. The molecule has 0 saturated carbocycles. The molecule has 0 aliphatic carbocycles. The lowest BCUT2D eigenvalue weighted by molar-refractivity contribution is -0.127. The number of rotatable bonds is 7. The standard InChI is InChI=1S/C23H26N4O3S/c1-23(2,3)24-21(28)20(17-11-8-12-18(13-17)30-4)27(14-16-9-6-5-7-10-16)22(29)19-15-31-26-25-19/h5-13,15,20H,14H2,1-4H3,(H,24,28). The molecule has 0 radical (unpaired) electrons. The Labute approximate surface area is 186 Å². The lowest BCUT2D eigenvalue weighted by Crippen LogP contribution is -2.49. The molecule has 0 aliphatic heterocycles. The van der Waals surface area contributed by atoms with Crippen LogP contribution in [0.3, 0.4) is 0 Å². The molecule has 1 aromatic heterocycles. The van der Waals surface area contributed by atoms with E-state index in [0.29, 0.717) is 11.3 Å². The van der Waals surface area contributed by atoms with Crippen molar-refractivity contribution in [1.82, 2.24) is 19.8 Å². The molecule has 0 spiro atoms. The maximum Gasteiger partial charge on any atom is 0.276 e. The van der Waals surface area contributed by atoms with E-state index in [1.165, 1.54) is 4.90 Å². The topological polar surface area (TPSA) is 84.4 Å². The van der Waals surface area contributed by atoms with Crippen molar-refractivity contribution in [3.8, 4) is 5.75 Å². The van der Waals surface area contributed by atoms with E-state index in [1.807, 2.05) is 57.2 Å². The number of nitrogens with zero attached hydrogens (tertiary/aromatic N) is 3. The number of hydrogen-bond acceptors (Lipinski definition) is 6. The van der Waals surface area contributed by atoms with Gasteiger partial charge in [-0.15, -0.1) is 5.10 Å². The average molecular weight is 439 g/mol. The van der Waals surface area contributed by atoms with E-state index in [9.17, 15) is 9.59 Å². The number of benzene rings is 2. The van der Waals surface area contributed by atoms with E-state index in [2.05, 4.69) is 14.9 Å².